The molecule has 7 nitrogen and oxygen atoms in total. The highest BCUT2D eigenvalue weighted by atomic mass is 16.5. The van der Waals surface area contributed by atoms with Crippen molar-refractivity contribution in [1.29, 1.82) is 0 Å². The number of ether oxygens (including phenoxy) is 1. The van der Waals surface area contributed by atoms with Crippen LogP contribution in [0.4, 0.5) is 0 Å². The van der Waals surface area contributed by atoms with Crippen LogP contribution in [0, 0.1) is 0 Å². The summed E-state index contributed by atoms with van der Waals surface area (Å²) in [6.07, 6.45) is 4.20. The van der Waals surface area contributed by atoms with Crippen LogP contribution in [0.1, 0.15) is 44.8 Å². The molecule has 7 heteroatoms. The molecule has 0 aliphatic heterocycles. The summed E-state index contributed by atoms with van der Waals surface area (Å²) in [5, 5.41) is 4.08. The molecule has 0 unspecified atom stereocenters. The van der Waals surface area contributed by atoms with Crippen molar-refractivity contribution in [3.05, 3.63) is 72.0 Å². The molecule has 4 rings (SSSR count). The van der Waals surface area contributed by atoms with Crippen LogP contribution in [-0.2, 0) is 18.4 Å². The van der Waals surface area contributed by atoms with Crippen LogP contribution >= 0.6 is 0 Å². The molecular weight excluding hydrogens is 390 g/mol. The van der Waals surface area contributed by atoms with Crippen molar-refractivity contribution in [3.8, 4) is 28.7 Å². The lowest BCUT2D eigenvalue weighted by Gasteiger charge is -2.18. The van der Waals surface area contributed by atoms with Gasteiger partial charge in [-0.25, -0.2) is 4.98 Å². The number of pyridine rings is 1. The molecule has 1 aromatic carbocycles. The molecule has 0 radical (unpaired) electrons. The zero-order chi connectivity index (χ0) is 21.8. The van der Waals surface area contributed by atoms with Gasteiger partial charge in [-0.1, -0.05) is 57.1 Å². The Hall–Kier alpha value is -3.61. The van der Waals surface area contributed by atoms with Crippen molar-refractivity contribution in [2.45, 2.75) is 46.1 Å². The number of nitrogens with zero attached hydrogens (tertiary/aromatic N) is 5. The third-order valence-electron chi connectivity index (χ3n) is 4.88. The van der Waals surface area contributed by atoms with E-state index < -0.39 is 0 Å². The molecule has 0 saturated carbocycles. The fourth-order valence-electron chi connectivity index (χ4n) is 3.04. The van der Waals surface area contributed by atoms with E-state index in [9.17, 15) is 0 Å². The average Bonchev–Trinajstić information content (AvgIpc) is 3.27. The first-order valence-electron chi connectivity index (χ1n) is 10.3. The monoisotopic (exact) mass is 415 g/mol. The van der Waals surface area contributed by atoms with Crippen molar-refractivity contribution in [1.82, 2.24) is 25.1 Å². The van der Waals surface area contributed by atoms with Crippen LogP contribution in [-0.4, -0.2) is 25.1 Å². The first-order chi connectivity index (χ1) is 14.9. The highest BCUT2D eigenvalue weighted by Crippen LogP contribution is 2.25. The molecule has 0 bridgehead atoms. The maximum atomic E-state index is 5.85. The summed E-state index contributed by atoms with van der Waals surface area (Å²) in [4.78, 5) is 17.6. The Morgan fingerprint density at radius 2 is 1.58 bits per heavy atom. The Bertz CT molecular complexity index is 1150. The Morgan fingerprint density at radius 1 is 0.871 bits per heavy atom. The zero-order valence-corrected chi connectivity index (χ0v) is 18.2. The molecule has 4 aromatic rings. The first kappa shape index (κ1) is 20.7. The molecule has 31 heavy (non-hydrogen) atoms. The van der Waals surface area contributed by atoms with E-state index in [1.165, 1.54) is 5.56 Å². The van der Waals surface area contributed by atoms with Gasteiger partial charge in [0.05, 0.1) is 0 Å². The molecule has 0 amide bonds. The van der Waals surface area contributed by atoms with Gasteiger partial charge in [0.25, 0.3) is 5.89 Å². The summed E-state index contributed by atoms with van der Waals surface area (Å²) in [6.45, 7) is 8.72. The second kappa shape index (κ2) is 8.63. The highest BCUT2D eigenvalue weighted by molar-refractivity contribution is 5.55. The molecule has 0 saturated heterocycles. The fraction of sp³-hybridized carbons (Fsp3) is 0.292. The Labute approximate surface area is 181 Å². The fourth-order valence-corrected chi connectivity index (χ4v) is 3.04. The summed E-state index contributed by atoms with van der Waals surface area (Å²) in [7, 11) is 0. The van der Waals surface area contributed by atoms with E-state index in [1.54, 1.807) is 12.4 Å². The molecule has 0 N–H and O–H groups in total. The van der Waals surface area contributed by atoms with E-state index in [4.69, 9.17) is 9.26 Å². The van der Waals surface area contributed by atoms with Gasteiger partial charge in [-0.05, 0) is 29.5 Å². The van der Waals surface area contributed by atoms with Gasteiger partial charge >= 0.3 is 0 Å². The second-order valence-corrected chi connectivity index (χ2v) is 8.24. The summed E-state index contributed by atoms with van der Waals surface area (Å²) in [6, 6.07) is 13.8. The maximum Gasteiger partial charge on any atom is 0.264 e. The average molecular weight is 415 g/mol. The van der Waals surface area contributed by atoms with Gasteiger partial charge in [0, 0.05) is 35.3 Å². The number of hydrogen-bond acceptors (Lipinski definition) is 7. The lowest BCUT2D eigenvalue weighted by Crippen LogP contribution is -2.10. The zero-order valence-electron chi connectivity index (χ0n) is 18.2. The Balaban J connectivity index is 1.48. The largest absolute Gasteiger partial charge is 0.467 e. The van der Waals surface area contributed by atoms with Gasteiger partial charge in [-0.3, -0.25) is 4.98 Å². The molecule has 0 aliphatic carbocycles. The van der Waals surface area contributed by atoms with Crippen molar-refractivity contribution < 1.29 is 9.26 Å². The standard InChI is InChI=1S/C24H25N5O2/c1-5-19-14-20(27-22(26-19)17-10-12-25-13-11-17)30-15-21-28-23(29-31-21)16-6-8-18(9-7-16)24(2,3)4/h6-14H,5,15H2,1-4H3. The van der Waals surface area contributed by atoms with Crippen molar-refractivity contribution in [2.24, 2.45) is 0 Å². The van der Waals surface area contributed by atoms with Crippen molar-refractivity contribution >= 4 is 0 Å². The number of aromatic nitrogens is 5. The maximum absolute atomic E-state index is 5.85. The van der Waals surface area contributed by atoms with Crippen LogP contribution in [0.15, 0.2) is 59.4 Å². The van der Waals surface area contributed by atoms with Crippen LogP contribution in [0.3, 0.4) is 0 Å². The van der Waals surface area contributed by atoms with Crippen LogP contribution < -0.4 is 4.74 Å². The third-order valence-corrected chi connectivity index (χ3v) is 4.88. The van der Waals surface area contributed by atoms with Gasteiger partial charge in [0.2, 0.25) is 11.7 Å². The third kappa shape index (κ3) is 4.94. The van der Waals surface area contributed by atoms with Gasteiger partial charge in [0.15, 0.2) is 12.4 Å². The number of aryl methyl sites for hydroxylation is 1. The molecule has 0 fully saturated rings. The quantitative estimate of drug-likeness (QED) is 0.436. The van der Waals surface area contributed by atoms with Crippen LogP contribution in [0.5, 0.6) is 5.88 Å². The topological polar surface area (TPSA) is 86.8 Å². The molecule has 3 aromatic heterocycles. The number of rotatable bonds is 6. The van der Waals surface area contributed by atoms with Gasteiger partial charge < -0.3 is 9.26 Å². The normalized spacial score (nSPS) is 11.5. The second-order valence-electron chi connectivity index (χ2n) is 8.24. The van der Waals surface area contributed by atoms with E-state index in [1.807, 2.05) is 37.3 Å². The first-order valence-corrected chi connectivity index (χ1v) is 10.3. The van der Waals surface area contributed by atoms with Crippen LogP contribution in [0.2, 0.25) is 0 Å². The molecule has 158 valence electrons. The smallest absolute Gasteiger partial charge is 0.264 e. The number of hydrogen-bond donors (Lipinski definition) is 0. The predicted molar refractivity (Wildman–Crippen MR) is 117 cm³/mol. The van der Waals surface area contributed by atoms with E-state index in [2.05, 4.69) is 58.0 Å². The molecule has 0 spiro atoms. The van der Waals surface area contributed by atoms with Crippen molar-refractivity contribution in [2.75, 3.05) is 0 Å². The molecule has 0 atom stereocenters. The summed E-state index contributed by atoms with van der Waals surface area (Å²) >= 11 is 0. The minimum atomic E-state index is 0.0960. The Kier molecular flexibility index (Phi) is 5.75. The van der Waals surface area contributed by atoms with E-state index >= 15 is 0 Å². The van der Waals surface area contributed by atoms with Crippen LogP contribution in [0.25, 0.3) is 22.8 Å². The predicted octanol–water partition coefficient (Wildman–Crippen LogP) is 5.03. The molecular formula is C24H25N5O2. The minimum Gasteiger partial charge on any atom is -0.467 e. The molecule has 3 heterocycles. The SMILES string of the molecule is CCc1cc(OCc2nc(-c3ccc(C(C)(C)C)cc3)no2)nc(-c2ccncc2)n1. The lowest BCUT2D eigenvalue weighted by molar-refractivity contribution is 0.235. The van der Waals surface area contributed by atoms with Crippen molar-refractivity contribution in [3.63, 3.8) is 0 Å². The lowest BCUT2D eigenvalue weighted by atomic mass is 9.87. The number of benzene rings is 1. The van der Waals surface area contributed by atoms with Gasteiger partial charge in [-0.15, -0.1) is 0 Å². The van der Waals surface area contributed by atoms with E-state index in [0.717, 1.165) is 23.2 Å². The van der Waals surface area contributed by atoms with Gasteiger partial charge in [-0.2, -0.15) is 9.97 Å². The van der Waals surface area contributed by atoms with E-state index in [-0.39, 0.29) is 12.0 Å². The van der Waals surface area contributed by atoms with Gasteiger partial charge in [0.1, 0.15) is 0 Å². The molecule has 0 aliphatic rings. The highest BCUT2D eigenvalue weighted by Gasteiger charge is 2.15. The Morgan fingerprint density at radius 3 is 2.26 bits per heavy atom. The summed E-state index contributed by atoms with van der Waals surface area (Å²) < 4.78 is 11.2. The van der Waals surface area contributed by atoms with E-state index in [0.29, 0.717) is 23.4 Å². The summed E-state index contributed by atoms with van der Waals surface area (Å²) in [5.41, 5.74) is 4.02. The summed E-state index contributed by atoms with van der Waals surface area (Å²) in [5.74, 6) is 1.99. The minimum absolute atomic E-state index is 0.0960.